The van der Waals surface area contributed by atoms with Crippen LogP contribution < -0.4 is 5.32 Å². The van der Waals surface area contributed by atoms with E-state index in [1.807, 2.05) is 0 Å². The molecule has 0 radical (unpaired) electrons. The topological polar surface area (TPSA) is 80.1 Å². The van der Waals surface area contributed by atoms with E-state index in [1.165, 1.54) is 11.2 Å². The Morgan fingerprint density at radius 3 is 3.06 bits per heavy atom. The Morgan fingerprint density at radius 1 is 1.56 bits per heavy atom. The smallest absolute Gasteiger partial charge is 0.324 e. The fraction of sp³-hybridized carbons (Fsp3) is 0.556. The molecule has 2 rings (SSSR count). The molecule has 0 saturated carbocycles. The quantitative estimate of drug-likeness (QED) is 0.756. The van der Waals surface area contributed by atoms with Crippen molar-refractivity contribution in [2.45, 2.75) is 19.4 Å². The van der Waals surface area contributed by atoms with E-state index in [9.17, 15) is 9.59 Å². The van der Waals surface area contributed by atoms with Crippen molar-refractivity contribution >= 4 is 11.9 Å². The number of hydrogen-bond donors (Lipinski definition) is 1. The number of imide groups is 1. The number of carbonyl (C=O) groups excluding carboxylic acids is 2. The van der Waals surface area contributed by atoms with E-state index in [4.69, 9.17) is 0 Å². The molecule has 0 aromatic carbocycles. The standard InChI is InChI=1S/C9H13N5O2/c15-8-2-1-4-14(8)9(16)11-3-5-13-7-10-6-12-13/h6-7H,1-5H2,(H,11,16). The van der Waals surface area contributed by atoms with Gasteiger partial charge in [-0.05, 0) is 6.42 Å². The van der Waals surface area contributed by atoms with Gasteiger partial charge < -0.3 is 5.32 Å². The van der Waals surface area contributed by atoms with E-state index < -0.39 is 0 Å². The minimum absolute atomic E-state index is 0.0988. The molecular weight excluding hydrogens is 210 g/mol. The number of amides is 3. The predicted octanol–water partition coefficient (Wildman–Crippen LogP) is -0.390. The molecule has 7 heteroatoms. The van der Waals surface area contributed by atoms with Crippen LogP contribution in [0.1, 0.15) is 12.8 Å². The second-order valence-corrected chi connectivity index (χ2v) is 3.54. The van der Waals surface area contributed by atoms with Crippen LogP contribution in [0.4, 0.5) is 4.79 Å². The lowest BCUT2D eigenvalue weighted by molar-refractivity contribution is -0.125. The molecule has 1 N–H and O–H groups in total. The monoisotopic (exact) mass is 223 g/mol. The summed E-state index contributed by atoms with van der Waals surface area (Å²) in [6.45, 7) is 1.51. The van der Waals surface area contributed by atoms with Gasteiger partial charge in [0, 0.05) is 19.5 Å². The Bertz CT molecular complexity index is 375. The van der Waals surface area contributed by atoms with Gasteiger partial charge in [-0.1, -0.05) is 0 Å². The molecule has 1 aliphatic heterocycles. The predicted molar refractivity (Wildman–Crippen MR) is 54.4 cm³/mol. The normalized spacial score (nSPS) is 15.5. The summed E-state index contributed by atoms with van der Waals surface area (Å²) < 4.78 is 1.62. The highest BCUT2D eigenvalue weighted by Crippen LogP contribution is 2.08. The molecule has 1 aliphatic rings. The molecule has 16 heavy (non-hydrogen) atoms. The average molecular weight is 223 g/mol. The van der Waals surface area contributed by atoms with Crippen LogP contribution in [0.2, 0.25) is 0 Å². The van der Waals surface area contributed by atoms with E-state index in [0.717, 1.165) is 6.42 Å². The summed E-state index contributed by atoms with van der Waals surface area (Å²) in [5.74, 6) is -0.0988. The zero-order valence-electron chi connectivity index (χ0n) is 8.80. The summed E-state index contributed by atoms with van der Waals surface area (Å²) in [7, 11) is 0. The van der Waals surface area contributed by atoms with Crippen molar-refractivity contribution in [1.29, 1.82) is 0 Å². The molecular formula is C9H13N5O2. The number of likely N-dealkylation sites (tertiary alicyclic amines) is 1. The van der Waals surface area contributed by atoms with Gasteiger partial charge in [0.25, 0.3) is 0 Å². The average Bonchev–Trinajstić information content (AvgIpc) is 2.88. The maximum Gasteiger partial charge on any atom is 0.324 e. The molecule has 0 bridgehead atoms. The summed E-state index contributed by atoms with van der Waals surface area (Å²) in [6.07, 6.45) is 4.24. The van der Waals surface area contributed by atoms with E-state index in [-0.39, 0.29) is 11.9 Å². The van der Waals surface area contributed by atoms with Gasteiger partial charge in [-0.3, -0.25) is 14.4 Å². The highest BCUT2D eigenvalue weighted by molar-refractivity contribution is 5.95. The number of carbonyl (C=O) groups is 2. The Kier molecular flexibility index (Phi) is 3.13. The fourth-order valence-corrected chi connectivity index (χ4v) is 1.58. The second kappa shape index (κ2) is 4.73. The lowest BCUT2D eigenvalue weighted by Gasteiger charge is -2.14. The first-order chi connectivity index (χ1) is 7.77. The zero-order chi connectivity index (χ0) is 11.4. The van der Waals surface area contributed by atoms with Crippen molar-refractivity contribution in [2.75, 3.05) is 13.1 Å². The van der Waals surface area contributed by atoms with Gasteiger partial charge in [-0.15, -0.1) is 0 Å². The summed E-state index contributed by atoms with van der Waals surface area (Å²) in [4.78, 5) is 27.8. The third-order valence-corrected chi connectivity index (χ3v) is 2.40. The van der Waals surface area contributed by atoms with Crippen molar-refractivity contribution < 1.29 is 9.59 Å². The Balaban J connectivity index is 1.73. The van der Waals surface area contributed by atoms with E-state index >= 15 is 0 Å². The molecule has 3 amide bonds. The first kappa shape index (κ1) is 10.6. The van der Waals surface area contributed by atoms with E-state index in [2.05, 4.69) is 15.4 Å². The number of aromatic nitrogens is 3. The second-order valence-electron chi connectivity index (χ2n) is 3.54. The van der Waals surface area contributed by atoms with Gasteiger partial charge in [0.2, 0.25) is 5.91 Å². The third-order valence-electron chi connectivity index (χ3n) is 2.40. The summed E-state index contributed by atoms with van der Waals surface area (Å²) in [5.41, 5.74) is 0. The molecule has 86 valence electrons. The summed E-state index contributed by atoms with van der Waals surface area (Å²) in [5, 5.41) is 6.57. The number of nitrogens with one attached hydrogen (secondary N) is 1. The Labute approximate surface area is 92.4 Å². The molecule has 1 aromatic rings. The third kappa shape index (κ3) is 2.36. The molecule has 1 aromatic heterocycles. The van der Waals surface area contributed by atoms with Gasteiger partial charge in [0.05, 0.1) is 6.54 Å². The highest BCUT2D eigenvalue weighted by Gasteiger charge is 2.25. The van der Waals surface area contributed by atoms with Gasteiger partial charge >= 0.3 is 6.03 Å². The van der Waals surface area contributed by atoms with Gasteiger partial charge in [-0.25, -0.2) is 9.78 Å². The molecule has 1 fully saturated rings. The summed E-state index contributed by atoms with van der Waals surface area (Å²) >= 11 is 0. The van der Waals surface area contributed by atoms with Crippen LogP contribution in [-0.2, 0) is 11.3 Å². The van der Waals surface area contributed by atoms with Crippen LogP contribution in [0.25, 0.3) is 0 Å². The minimum atomic E-state index is -0.317. The van der Waals surface area contributed by atoms with Crippen molar-refractivity contribution in [1.82, 2.24) is 25.0 Å². The van der Waals surface area contributed by atoms with Crippen LogP contribution >= 0.6 is 0 Å². The molecule has 2 heterocycles. The van der Waals surface area contributed by atoms with E-state index in [0.29, 0.717) is 26.1 Å². The largest absolute Gasteiger partial charge is 0.336 e. The molecule has 0 aliphatic carbocycles. The number of nitrogens with zero attached hydrogens (tertiary/aromatic N) is 4. The summed E-state index contributed by atoms with van der Waals surface area (Å²) in [6, 6.07) is -0.317. The molecule has 7 nitrogen and oxygen atoms in total. The maximum absolute atomic E-state index is 11.5. The van der Waals surface area contributed by atoms with Crippen LogP contribution in [0.3, 0.4) is 0 Å². The Hall–Kier alpha value is -1.92. The number of hydrogen-bond acceptors (Lipinski definition) is 4. The van der Waals surface area contributed by atoms with Gasteiger partial charge in [0.1, 0.15) is 12.7 Å². The van der Waals surface area contributed by atoms with Crippen LogP contribution in [0, 0.1) is 0 Å². The van der Waals surface area contributed by atoms with Crippen molar-refractivity contribution in [3.05, 3.63) is 12.7 Å². The molecule has 1 saturated heterocycles. The van der Waals surface area contributed by atoms with E-state index in [1.54, 1.807) is 11.0 Å². The van der Waals surface area contributed by atoms with Crippen LogP contribution in [0.5, 0.6) is 0 Å². The highest BCUT2D eigenvalue weighted by atomic mass is 16.2. The van der Waals surface area contributed by atoms with Crippen LogP contribution in [-0.4, -0.2) is 44.7 Å². The molecule has 0 atom stereocenters. The van der Waals surface area contributed by atoms with Crippen molar-refractivity contribution in [3.63, 3.8) is 0 Å². The minimum Gasteiger partial charge on any atom is -0.336 e. The zero-order valence-corrected chi connectivity index (χ0v) is 8.80. The van der Waals surface area contributed by atoms with Gasteiger partial charge in [-0.2, -0.15) is 5.10 Å². The fourth-order valence-electron chi connectivity index (χ4n) is 1.58. The van der Waals surface area contributed by atoms with Gasteiger partial charge in [0.15, 0.2) is 0 Å². The number of rotatable bonds is 3. The van der Waals surface area contributed by atoms with Crippen molar-refractivity contribution in [2.24, 2.45) is 0 Å². The Morgan fingerprint density at radius 2 is 2.44 bits per heavy atom. The first-order valence-electron chi connectivity index (χ1n) is 5.18. The molecule has 0 unspecified atom stereocenters. The molecule has 0 spiro atoms. The first-order valence-corrected chi connectivity index (χ1v) is 5.18. The maximum atomic E-state index is 11.5. The SMILES string of the molecule is O=C1CCCN1C(=O)NCCn1cncn1. The van der Waals surface area contributed by atoms with Crippen molar-refractivity contribution in [3.8, 4) is 0 Å². The van der Waals surface area contributed by atoms with Crippen LogP contribution in [0.15, 0.2) is 12.7 Å². The lowest BCUT2D eigenvalue weighted by atomic mass is 10.4. The lowest BCUT2D eigenvalue weighted by Crippen LogP contribution is -2.41. The number of urea groups is 1.